The van der Waals surface area contributed by atoms with E-state index in [9.17, 15) is 10.1 Å². The lowest BCUT2D eigenvalue weighted by Crippen LogP contribution is -2.45. The first kappa shape index (κ1) is 14.4. The highest BCUT2D eigenvalue weighted by atomic mass is 32.1. The lowest BCUT2D eigenvalue weighted by atomic mass is 10.1. The first-order valence-electron chi connectivity index (χ1n) is 7.28. The monoisotopic (exact) mass is 305 g/mol. The Labute approximate surface area is 128 Å². The maximum Gasteiger partial charge on any atom is 0.178 e. The van der Waals surface area contributed by atoms with Crippen LogP contribution in [-0.4, -0.2) is 31.1 Å². The van der Waals surface area contributed by atoms with Crippen LogP contribution >= 0.6 is 11.3 Å². The number of nitrogen functional groups attached to an aromatic ring is 1. The molecule has 1 aliphatic carbocycles. The van der Waals surface area contributed by atoms with Crippen molar-refractivity contribution < 1.29 is 9.53 Å². The molecule has 1 aliphatic heterocycles. The fourth-order valence-electron chi connectivity index (χ4n) is 2.82. The molecule has 21 heavy (non-hydrogen) atoms. The van der Waals surface area contributed by atoms with Crippen molar-refractivity contribution in [3.63, 3.8) is 0 Å². The summed E-state index contributed by atoms with van der Waals surface area (Å²) in [5.41, 5.74) is 6.88. The molecule has 2 unspecified atom stereocenters. The van der Waals surface area contributed by atoms with Gasteiger partial charge in [0.25, 0.3) is 0 Å². The van der Waals surface area contributed by atoms with Gasteiger partial charge in [-0.3, -0.25) is 4.79 Å². The van der Waals surface area contributed by atoms with Gasteiger partial charge in [-0.15, -0.1) is 11.3 Å². The summed E-state index contributed by atoms with van der Waals surface area (Å²) in [5.74, 6) is 0.225. The van der Waals surface area contributed by atoms with Gasteiger partial charge in [-0.05, 0) is 26.7 Å². The summed E-state index contributed by atoms with van der Waals surface area (Å²) >= 11 is 1.37. The summed E-state index contributed by atoms with van der Waals surface area (Å²) in [5, 5.41) is 10.2. The van der Waals surface area contributed by atoms with E-state index in [-0.39, 0.29) is 23.9 Å². The van der Waals surface area contributed by atoms with Crippen molar-refractivity contribution in [2.24, 2.45) is 5.92 Å². The number of ketones is 1. The highest BCUT2D eigenvalue weighted by molar-refractivity contribution is 7.19. The smallest absolute Gasteiger partial charge is 0.178 e. The van der Waals surface area contributed by atoms with Crippen molar-refractivity contribution in [3.05, 3.63) is 10.4 Å². The van der Waals surface area contributed by atoms with Gasteiger partial charge in [-0.2, -0.15) is 5.26 Å². The fourth-order valence-corrected chi connectivity index (χ4v) is 4.03. The number of nitriles is 1. The van der Waals surface area contributed by atoms with Crippen LogP contribution in [0.3, 0.4) is 0 Å². The molecule has 2 N–H and O–H groups in total. The fraction of sp³-hybridized carbons (Fsp3) is 0.600. The van der Waals surface area contributed by atoms with Gasteiger partial charge in [0.2, 0.25) is 0 Å². The van der Waals surface area contributed by atoms with Crippen molar-refractivity contribution >= 4 is 27.8 Å². The predicted octanol–water partition coefficient (Wildman–Crippen LogP) is 2.41. The molecule has 0 aromatic carbocycles. The molecule has 1 saturated carbocycles. The summed E-state index contributed by atoms with van der Waals surface area (Å²) in [6.45, 7) is 5.47. The number of hydrogen-bond donors (Lipinski definition) is 1. The Balaban J connectivity index is 1.96. The van der Waals surface area contributed by atoms with Gasteiger partial charge < -0.3 is 15.4 Å². The van der Waals surface area contributed by atoms with E-state index in [0.29, 0.717) is 16.1 Å². The van der Waals surface area contributed by atoms with Crippen LogP contribution in [0.1, 0.15) is 41.9 Å². The van der Waals surface area contributed by atoms with E-state index in [1.165, 1.54) is 11.3 Å². The van der Waals surface area contributed by atoms with E-state index < -0.39 is 0 Å². The maximum absolute atomic E-state index is 12.3. The molecule has 2 fully saturated rings. The Hall–Kier alpha value is -1.58. The normalized spacial score (nSPS) is 25.7. The van der Waals surface area contributed by atoms with E-state index in [1.807, 2.05) is 13.8 Å². The Morgan fingerprint density at radius 1 is 1.38 bits per heavy atom. The number of hydrogen-bond acceptors (Lipinski definition) is 6. The van der Waals surface area contributed by atoms with E-state index in [4.69, 9.17) is 10.5 Å². The van der Waals surface area contributed by atoms with E-state index in [0.717, 1.165) is 30.9 Å². The zero-order valence-electron chi connectivity index (χ0n) is 12.3. The van der Waals surface area contributed by atoms with Crippen LogP contribution < -0.4 is 10.6 Å². The molecule has 3 rings (SSSR count). The van der Waals surface area contributed by atoms with Crippen molar-refractivity contribution in [1.29, 1.82) is 5.26 Å². The molecule has 2 heterocycles. The number of morpholine rings is 1. The minimum absolute atomic E-state index is 0.103. The molecule has 6 heteroatoms. The lowest BCUT2D eigenvalue weighted by molar-refractivity contribution is -0.00501. The van der Waals surface area contributed by atoms with Crippen LogP contribution in [0.2, 0.25) is 0 Å². The molecule has 112 valence electrons. The minimum atomic E-state index is 0.103. The Kier molecular flexibility index (Phi) is 3.64. The third-order valence-corrected chi connectivity index (χ3v) is 5.20. The van der Waals surface area contributed by atoms with Crippen LogP contribution in [-0.2, 0) is 4.74 Å². The van der Waals surface area contributed by atoms with Crippen LogP contribution in [0.25, 0.3) is 0 Å². The second kappa shape index (κ2) is 5.32. The third-order valence-electron chi connectivity index (χ3n) is 3.92. The molecule has 1 aromatic heterocycles. The summed E-state index contributed by atoms with van der Waals surface area (Å²) in [7, 11) is 0. The highest BCUT2D eigenvalue weighted by Gasteiger charge is 2.35. The van der Waals surface area contributed by atoms with Crippen LogP contribution in [0.5, 0.6) is 0 Å². The first-order valence-corrected chi connectivity index (χ1v) is 8.09. The summed E-state index contributed by atoms with van der Waals surface area (Å²) in [6, 6.07) is 2.18. The van der Waals surface area contributed by atoms with Crippen molar-refractivity contribution in [2.75, 3.05) is 23.7 Å². The molecular weight excluding hydrogens is 286 g/mol. The predicted molar refractivity (Wildman–Crippen MR) is 82.7 cm³/mol. The number of carbonyl (C=O) groups excluding carboxylic acids is 1. The number of rotatable bonds is 3. The summed E-state index contributed by atoms with van der Waals surface area (Å²) in [4.78, 5) is 15.0. The van der Waals surface area contributed by atoms with Gasteiger partial charge in [0.15, 0.2) is 5.78 Å². The Morgan fingerprint density at radius 3 is 2.52 bits per heavy atom. The first-order chi connectivity index (χ1) is 10.0. The standard InChI is InChI=1S/C15H19N3O2S/c1-8-6-18(7-9(2)20-8)15-11(5-16)12(17)14(21-15)13(19)10-3-4-10/h8-10H,3-4,6-7,17H2,1-2H3. The van der Waals surface area contributed by atoms with Gasteiger partial charge in [0, 0.05) is 19.0 Å². The van der Waals surface area contributed by atoms with Gasteiger partial charge in [0.1, 0.15) is 16.6 Å². The van der Waals surface area contributed by atoms with Crippen LogP contribution in [0, 0.1) is 17.2 Å². The number of ether oxygens (including phenoxy) is 1. The van der Waals surface area contributed by atoms with Crippen molar-refractivity contribution in [1.82, 2.24) is 0 Å². The molecule has 1 aromatic rings. The minimum Gasteiger partial charge on any atom is -0.396 e. The average Bonchev–Trinajstić information content (AvgIpc) is 3.21. The van der Waals surface area contributed by atoms with E-state index in [2.05, 4.69) is 11.0 Å². The van der Waals surface area contributed by atoms with E-state index >= 15 is 0 Å². The number of nitrogens with zero attached hydrogens (tertiary/aromatic N) is 2. The van der Waals surface area contributed by atoms with Crippen LogP contribution in [0.15, 0.2) is 0 Å². The zero-order chi connectivity index (χ0) is 15.1. The van der Waals surface area contributed by atoms with Gasteiger partial charge in [-0.25, -0.2) is 0 Å². The van der Waals surface area contributed by atoms with Crippen molar-refractivity contribution in [2.45, 2.75) is 38.9 Å². The zero-order valence-corrected chi connectivity index (χ0v) is 13.1. The van der Waals surface area contributed by atoms with Crippen molar-refractivity contribution in [3.8, 4) is 6.07 Å². The molecule has 0 spiro atoms. The second-order valence-electron chi connectivity index (χ2n) is 5.94. The molecule has 5 nitrogen and oxygen atoms in total. The number of anilines is 2. The Bertz CT molecular complexity index is 605. The maximum atomic E-state index is 12.3. The lowest BCUT2D eigenvalue weighted by Gasteiger charge is -2.36. The summed E-state index contributed by atoms with van der Waals surface area (Å²) < 4.78 is 5.73. The topological polar surface area (TPSA) is 79.4 Å². The largest absolute Gasteiger partial charge is 0.396 e. The molecule has 0 amide bonds. The average molecular weight is 305 g/mol. The molecule has 1 saturated heterocycles. The third kappa shape index (κ3) is 2.63. The van der Waals surface area contributed by atoms with Gasteiger partial charge >= 0.3 is 0 Å². The highest BCUT2D eigenvalue weighted by Crippen LogP contribution is 2.43. The molecule has 2 atom stereocenters. The number of nitrogens with two attached hydrogens (primary N) is 1. The molecule has 0 bridgehead atoms. The van der Waals surface area contributed by atoms with Gasteiger partial charge in [-0.1, -0.05) is 0 Å². The molecule has 2 aliphatic rings. The molecular formula is C15H19N3O2S. The number of carbonyl (C=O) groups is 1. The number of Topliss-reactive ketones (excluding diaryl/α,β-unsaturated/α-hetero) is 1. The van der Waals surface area contributed by atoms with E-state index in [1.54, 1.807) is 0 Å². The number of thiophene rings is 1. The SMILES string of the molecule is CC1CN(c2sc(C(=O)C3CC3)c(N)c2C#N)CC(C)O1. The quantitative estimate of drug-likeness (QED) is 0.867. The van der Waals surface area contributed by atoms with Gasteiger partial charge in [0.05, 0.1) is 22.8 Å². The second-order valence-corrected chi connectivity index (χ2v) is 6.94. The summed E-state index contributed by atoms with van der Waals surface area (Å²) in [6.07, 6.45) is 2.09. The van der Waals surface area contributed by atoms with Crippen LogP contribution in [0.4, 0.5) is 10.7 Å². The Morgan fingerprint density at radius 2 is 2.00 bits per heavy atom. The molecule has 0 radical (unpaired) electrons.